The predicted molar refractivity (Wildman–Crippen MR) is 131 cm³/mol. The Bertz CT molecular complexity index is 1280. The Morgan fingerprint density at radius 3 is 2.12 bits per heavy atom. The minimum atomic E-state index is -0.624. The fourth-order valence-electron chi connectivity index (χ4n) is 6.15. The molecule has 3 aromatic carbocycles. The Kier molecular flexibility index (Phi) is 5.05. The summed E-state index contributed by atoms with van der Waals surface area (Å²) in [6.45, 7) is 0. The molecule has 0 spiro atoms. The summed E-state index contributed by atoms with van der Waals surface area (Å²) in [6, 6.07) is 22.5. The van der Waals surface area contributed by atoms with Crippen molar-refractivity contribution in [2.45, 2.75) is 25.3 Å². The Morgan fingerprint density at radius 2 is 1.44 bits per heavy atom. The van der Waals surface area contributed by atoms with Crippen LogP contribution in [0.4, 0.5) is 5.69 Å². The van der Waals surface area contributed by atoms with E-state index in [9.17, 15) is 14.4 Å². The summed E-state index contributed by atoms with van der Waals surface area (Å²) in [6.07, 6.45) is 6.16. The van der Waals surface area contributed by atoms with Crippen LogP contribution in [-0.4, -0.2) is 22.6 Å². The molecule has 2 bridgehead atoms. The van der Waals surface area contributed by atoms with Crippen LogP contribution < -0.4 is 5.32 Å². The third-order valence-electron chi connectivity index (χ3n) is 7.73. The third kappa shape index (κ3) is 3.35. The number of fused-ring (bicyclic) bond motifs is 2. The fourth-order valence-corrected chi connectivity index (χ4v) is 6.15. The first-order chi connectivity index (χ1) is 16.6. The van der Waals surface area contributed by atoms with Crippen molar-refractivity contribution in [2.24, 2.45) is 23.7 Å². The topological polar surface area (TPSA) is 66.5 Å². The van der Waals surface area contributed by atoms with Gasteiger partial charge in [-0.25, -0.2) is 0 Å². The van der Waals surface area contributed by atoms with Crippen molar-refractivity contribution in [3.05, 3.63) is 90.5 Å². The van der Waals surface area contributed by atoms with Gasteiger partial charge in [0, 0.05) is 11.1 Å². The monoisotopic (exact) mass is 450 g/mol. The molecule has 2 fully saturated rings. The van der Waals surface area contributed by atoms with E-state index in [-0.39, 0.29) is 47.8 Å². The SMILES string of the molecule is O=C(CC(c1ccccc1)N1C(=O)C2C3C=CC(CC3)C2C1=O)Nc1cccc2ccccc12. The number of amides is 3. The largest absolute Gasteiger partial charge is 0.325 e. The van der Waals surface area contributed by atoms with E-state index in [0.29, 0.717) is 0 Å². The molecule has 5 atom stereocenters. The lowest BCUT2D eigenvalue weighted by Crippen LogP contribution is -2.38. The molecule has 0 radical (unpaired) electrons. The standard InChI is InChI=1S/C29H26N2O3/c32-25(30-23-12-6-10-18-7-4-5-11-22(18)23)17-24(19-8-2-1-3-9-19)31-28(33)26-20-13-14-21(16-15-20)27(26)29(31)34/h1-14,20-21,24,26-27H,15-17H2,(H,30,32). The van der Waals surface area contributed by atoms with Crippen LogP contribution in [-0.2, 0) is 14.4 Å². The van der Waals surface area contributed by atoms with E-state index in [1.165, 1.54) is 4.90 Å². The zero-order chi connectivity index (χ0) is 23.2. The third-order valence-corrected chi connectivity index (χ3v) is 7.73. The molecule has 34 heavy (non-hydrogen) atoms. The number of carbonyl (C=O) groups excluding carboxylic acids is 3. The first kappa shape index (κ1) is 20.8. The van der Waals surface area contributed by atoms with Crippen molar-refractivity contribution in [1.29, 1.82) is 0 Å². The highest BCUT2D eigenvalue weighted by Gasteiger charge is 2.58. The highest BCUT2D eigenvalue weighted by Crippen LogP contribution is 2.51. The zero-order valence-corrected chi connectivity index (χ0v) is 18.8. The van der Waals surface area contributed by atoms with Crippen LogP contribution >= 0.6 is 0 Å². The fraction of sp³-hybridized carbons (Fsp3) is 0.276. The van der Waals surface area contributed by atoms with Gasteiger partial charge in [0.05, 0.1) is 24.3 Å². The van der Waals surface area contributed by atoms with Crippen LogP contribution in [0.2, 0.25) is 0 Å². The van der Waals surface area contributed by atoms with Gasteiger partial charge in [0.25, 0.3) is 0 Å². The van der Waals surface area contributed by atoms with Gasteiger partial charge in [0.1, 0.15) is 0 Å². The van der Waals surface area contributed by atoms with E-state index in [0.717, 1.165) is 34.9 Å². The lowest BCUT2D eigenvalue weighted by atomic mass is 9.63. The first-order valence-electron chi connectivity index (χ1n) is 12.0. The van der Waals surface area contributed by atoms with Crippen LogP contribution in [0.25, 0.3) is 10.8 Å². The maximum absolute atomic E-state index is 13.6. The molecule has 5 heteroatoms. The van der Waals surface area contributed by atoms with Crippen molar-refractivity contribution >= 4 is 34.2 Å². The van der Waals surface area contributed by atoms with Crippen LogP contribution in [0, 0.1) is 23.7 Å². The highest BCUT2D eigenvalue weighted by molar-refractivity contribution is 6.07. The average Bonchev–Trinajstić information content (AvgIpc) is 3.16. The van der Waals surface area contributed by atoms with E-state index in [1.807, 2.05) is 72.8 Å². The van der Waals surface area contributed by atoms with E-state index in [2.05, 4.69) is 17.5 Å². The van der Waals surface area contributed by atoms with Crippen molar-refractivity contribution in [2.75, 3.05) is 5.32 Å². The smallest absolute Gasteiger partial charge is 0.234 e. The molecule has 5 unspecified atom stereocenters. The molecule has 1 heterocycles. The predicted octanol–water partition coefficient (Wildman–Crippen LogP) is 5.11. The number of rotatable bonds is 5. The molecule has 1 N–H and O–H groups in total. The summed E-state index contributed by atoms with van der Waals surface area (Å²) in [5.74, 6) is -0.801. The number of allylic oxidation sites excluding steroid dienone is 2. The molecule has 1 saturated heterocycles. The normalized spacial score (nSPS) is 26.1. The van der Waals surface area contributed by atoms with Gasteiger partial charge in [-0.2, -0.15) is 0 Å². The number of likely N-dealkylation sites (tertiary alicyclic amines) is 1. The number of carbonyl (C=O) groups is 3. The lowest BCUT2D eigenvalue weighted by Gasteiger charge is -2.38. The maximum Gasteiger partial charge on any atom is 0.234 e. The second kappa shape index (κ2) is 8.24. The van der Waals surface area contributed by atoms with Gasteiger partial charge in [-0.1, -0.05) is 78.9 Å². The van der Waals surface area contributed by atoms with Gasteiger partial charge in [-0.3, -0.25) is 19.3 Å². The summed E-state index contributed by atoms with van der Waals surface area (Å²) in [5.41, 5.74) is 1.53. The summed E-state index contributed by atoms with van der Waals surface area (Å²) in [7, 11) is 0. The van der Waals surface area contributed by atoms with Gasteiger partial charge < -0.3 is 5.32 Å². The molecule has 0 aromatic heterocycles. The molecule has 7 rings (SSSR count). The Morgan fingerprint density at radius 1 is 0.824 bits per heavy atom. The van der Waals surface area contributed by atoms with Crippen molar-refractivity contribution in [1.82, 2.24) is 4.90 Å². The van der Waals surface area contributed by atoms with Crippen molar-refractivity contribution in [3.63, 3.8) is 0 Å². The number of nitrogens with zero attached hydrogens (tertiary/aromatic N) is 1. The molecule has 1 aliphatic heterocycles. The van der Waals surface area contributed by atoms with Gasteiger partial charge in [0.2, 0.25) is 17.7 Å². The van der Waals surface area contributed by atoms with Crippen molar-refractivity contribution < 1.29 is 14.4 Å². The zero-order valence-electron chi connectivity index (χ0n) is 18.8. The van der Waals surface area contributed by atoms with Crippen LogP contribution in [0.5, 0.6) is 0 Å². The molecule has 3 aliphatic carbocycles. The molecule has 3 amide bonds. The van der Waals surface area contributed by atoms with Gasteiger partial charge in [-0.15, -0.1) is 0 Å². The second-order valence-corrected chi connectivity index (χ2v) is 9.59. The average molecular weight is 451 g/mol. The highest BCUT2D eigenvalue weighted by atomic mass is 16.2. The number of anilines is 1. The maximum atomic E-state index is 13.6. The van der Waals surface area contributed by atoms with Gasteiger partial charge >= 0.3 is 0 Å². The van der Waals surface area contributed by atoms with Gasteiger partial charge in [0.15, 0.2) is 0 Å². The second-order valence-electron chi connectivity index (χ2n) is 9.59. The van der Waals surface area contributed by atoms with Crippen LogP contribution in [0.3, 0.4) is 0 Å². The molecular formula is C29H26N2O3. The minimum Gasteiger partial charge on any atom is -0.325 e. The molecular weight excluding hydrogens is 424 g/mol. The molecule has 5 nitrogen and oxygen atoms in total. The number of imide groups is 1. The van der Waals surface area contributed by atoms with E-state index < -0.39 is 6.04 Å². The molecule has 170 valence electrons. The number of hydrogen-bond donors (Lipinski definition) is 1. The summed E-state index contributed by atoms with van der Waals surface area (Å²) in [4.78, 5) is 41.9. The van der Waals surface area contributed by atoms with E-state index in [4.69, 9.17) is 0 Å². The lowest BCUT2D eigenvalue weighted by molar-refractivity contribution is -0.143. The molecule has 3 aromatic rings. The van der Waals surface area contributed by atoms with Crippen molar-refractivity contribution in [3.8, 4) is 0 Å². The quantitative estimate of drug-likeness (QED) is 0.434. The number of nitrogens with one attached hydrogen (secondary N) is 1. The summed E-state index contributed by atoms with van der Waals surface area (Å²) >= 11 is 0. The van der Waals surface area contributed by atoms with Gasteiger partial charge in [-0.05, 0) is 41.7 Å². The Balaban J connectivity index is 1.31. The Labute approximate surface area is 198 Å². The Hall–Kier alpha value is -3.73. The summed E-state index contributed by atoms with van der Waals surface area (Å²) in [5, 5.41) is 5.02. The number of benzene rings is 3. The minimum absolute atomic E-state index is 0.0208. The van der Waals surface area contributed by atoms with E-state index in [1.54, 1.807) is 0 Å². The number of hydrogen-bond acceptors (Lipinski definition) is 3. The van der Waals surface area contributed by atoms with Crippen LogP contribution in [0.15, 0.2) is 84.9 Å². The molecule has 1 saturated carbocycles. The molecule has 4 aliphatic rings. The first-order valence-corrected chi connectivity index (χ1v) is 12.0. The summed E-state index contributed by atoms with van der Waals surface area (Å²) < 4.78 is 0. The van der Waals surface area contributed by atoms with E-state index >= 15 is 0 Å². The van der Waals surface area contributed by atoms with Crippen LogP contribution in [0.1, 0.15) is 30.9 Å².